The zero-order valence-electron chi connectivity index (χ0n) is 7.92. The van der Waals surface area contributed by atoms with Gasteiger partial charge in [-0.05, 0) is 25.7 Å². The Bertz CT molecular complexity index is 160. The number of nitrogens with zero attached hydrogens (tertiary/aromatic N) is 1. The Morgan fingerprint density at radius 1 is 1.50 bits per heavy atom. The molecule has 0 saturated carbocycles. The third-order valence-electron chi connectivity index (χ3n) is 2.48. The first-order valence-corrected chi connectivity index (χ1v) is 4.65. The Labute approximate surface area is 73.9 Å². The lowest BCUT2D eigenvalue weighted by molar-refractivity contribution is -0.133. The minimum atomic E-state index is -0.335. The van der Waals surface area contributed by atoms with Gasteiger partial charge in [-0.25, -0.2) is 0 Å². The van der Waals surface area contributed by atoms with Crippen molar-refractivity contribution < 1.29 is 4.79 Å². The zero-order chi connectivity index (χ0) is 9.14. The van der Waals surface area contributed by atoms with Gasteiger partial charge < -0.3 is 10.6 Å². The second-order valence-electron chi connectivity index (χ2n) is 3.80. The first-order valence-electron chi connectivity index (χ1n) is 4.65. The summed E-state index contributed by atoms with van der Waals surface area (Å²) in [6, 6.07) is -0.335. The summed E-state index contributed by atoms with van der Waals surface area (Å²) in [5, 5.41) is 0. The largest absolute Gasteiger partial charge is 0.341 e. The molecule has 12 heavy (non-hydrogen) atoms. The number of carbonyl (C=O) groups excluding carboxylic acids is 1. The van der Waals surface area contributed by atoms with Gasteiger partial charge in [-0.3, -0.25) is 4.79 Å². The van der Waals surface area contributed by atoms with Crippen molar-refractivity contribution in [2.45, 2.75) is 32.7 Å². The van der Waals surface area contributed by atoms with Gasteiger partial charge in [0, 0.05) is 13.1 Å². The molecule has 0 aromatic carbocycles. The monoisotopic (exact) mass is 170 g/mol. The summed E-state index contributed by atoms with van der Waals surface area (Å²) in [6.45, 7) is 5.76. The first kappa shape index (κ1) is 9.52. The fourth-order valence-corrected chi connectivity index (χ4v) is 1.52. The van der Waals surface area contributed by atoms with Crippen LogP contribution in [-0.4, -0.2) is 29.9 Å². The number of rotatable bonds is 1. The molecule has 0 aliphatic carbocycles. The van der Waals surface area contributed by atoms with Crippen molar-refractivity contribution in [3.05, 3.63) is 0 Å². The predicted octanol–water partition coefficient (Wildman–Crippen LogP) is 0.592. The molecule has 0 radical (unpaired) electrons. The topological polar surface area (TPSA) is 46.3 Å². The van der Waals surface area contributed by atoms with Gasteiger partial charge in [-0.15, -0.1) is 0 Å². The SMILES string of the molecule is CC1CCN(C(=O)[C@@H](C)N)CC1. The maximum atomic E-state index is 11.4. The van der Waals surface area contributed by atoms with Crippen molar-refractivity contribution in [2.24, 2.45) is 11.7 Å². The quantitative estimate of drug-likeness (QED) is 0.626. The number of nitrogens with two attached hydrogens (primary N) is 1. The van der Waals surface area contributed by atoms with E-state index in [4.69, 9.17) is 5.73 Å². The maximum absolute atomic E-state index is 11.4. The van der Waals surface area contributed by atoms with Crippen LogP contribution in [0.2, 0.25) is 0 Å². The van der Waals surface area contributed by atoms with Gasteiger partial charge in [-0.2, -0.15) is 0 Å². The molecule has 3 nitrogen and oxygen atoms in total. The molecule has 2 N–H and O–H groups in total. The van der Waals surface area contributed by atoms with Crippen LogP contribution >= 0.6 is 0 Å². The third-order valence-corrected chi connectivity index (χ3v) is 2.48. The van der Waals surface area contributed by atoms with Crippen LogP contribution in [0.4, 0.5) is 0 Å². The molecule has 0 aromatic heterocycles. The summed E-state index contributed by atoms with van der Waals surface area (Å²) in [6.07, 6.45) is 2.25. The van der Waals surface area contributed by atoms with E-state index >= 15 is 0 Å². The second kappa shape index (κ2) is 3.90. The molecule has 1 rings (SSSR count). The molecule has 0 bridgehead atoms. The van der Waals surface area contributed by atoms with Crippen LogP contribution < -0.4 is 5.73 Å². The van der Waals surface area contributed by atoms with E-state index in [9.17, 15) is 4.79 Å². The summed E-state index contributed by atoms with van der Waals surface area (Å²) in [7, 11) is 0. The van der Waals surface area contributed by atoms with E-state index < -0.39 is 0 Å². The fraction of sp³-hybridized carbons (Fsp3) is 0.889. The standard InChI is InChI=1S/C9H18N2O/c1-7-3-5-11(6-4-7)9(12)8(2)10/h7-8H,3-6,10H2,1-2H3/t8-/m1/s1. The minimum absolute atomic E-state index is 0.0990. The van der Waals surface area contributed by atoms with E-state index in [0.29, 0.717) is 0 Å². The summed E-state index contributed by atoms with van der Waals surface area (Å²) in [5.74, 6) is 0.865. The van der Waals surface area contributed by atoms with Crippen LogP contribution in [0, 0.1) is 5.92 Å². The molecule has 1 aliphatic heterocycles. The number of hydrogen-bond donors (Lipinski definition) is 1. The van der Waals surface area contributed by atoms with Crippen LogP contribution in [0.25, 0.3) is 0 Å². The smallest absolute Gasteiger partial charge is 0.239 e. The zero-order valence-corrected chi connectivity index (χ0v) is 7.92. The maximum Gasteiger partial charge on any atom is 0.239 e. The Balaban J connectivity index is 2.39. The van der Waals surface area contributed by atoms with Gasteiger partial charge in [0.05, 0.1) is 6.04 Å². The van der Waals surface area contributed by atoms with Crippen LogP contribution in [0.5, 0.6) is 0 Å². The average Bonchev–Trinajstić information content (AvgIpc) is 2.04. The van der Waals surface area contributed by atoms with Crippen molar-refractivity contribution in [3.63, 3.8) is 0 Å². The summed E-state index contributed by atoms with van der Waals surface area (Å²) >= 11 is 0. The van der Waals surface area contributed by atoms with Crippen molar-refractivity contribution in [1.29, 1.82) is 0 Å². The highest BCUT2D eigenvalue weighted by molar-refractivity contribution is 5.81. The first-order chi connectivity index (χ1) is 5.61. The number of likely N-dealkylation sites (tertiary alicyclic amines) is 1. The van der Waals surface area contributed by atoms with Gasteiger partial charge in [0.25, 0.3) is 0 Å². The second-order valence-corrected chi connectivity index (χ2v) is 3.80. The van der Waals surface area contributed by atoms with E-state index in [-0.39, 0.29) is 11.9 Å². The molecule has 0 spiro atoms. The number of piperidine rings is 1. The van der Waals surface area contributed by atoms with Crippen molar-refractivity contribution in [3.8, 4) is 0 Å². The van der Waals surface area contributed by atoms with Crippen molar-refractivity contribution in [2.75, 3.05) is 13.1 Å². The van der Waals surface area contributed by atoms with Crippen LogP contribution in [0.3, 0.4) is 0 Å². The van der Waals surface area contributed by atoms with E-state index in [2.05, 4.69) is 6.92 Å². The highest BCUT2D eigenvalue weighted by atomic mass is 16.2. The van der Waals surface area contributed by atoms with E-state index in [1.54, 1.807) is 6.92 Å². The molecular formula is C9H18N2O. The van der Waals surface area contributed by atoms with Crippen molar-refractivity contribution >= 4 is 5.91 Å². The lowest BCUT2D eigenvalue weighted by Gasteiger charge is -2.31. The van der Waals surface area contributed by atoms with Crippen LogP contribution in [0.15, 0.2) is 0 Å². The highest BCUT2D eigenvalue weighted by Gasteiger charge is 2.21. The third kappa shape index (κ3) is 2.21. The summed E-state index contributed by atoms with van der Waals surface area (Å²) < 4.78 is 0. The number of hydrogen-bond acceptors (Lipinski definition) is 2. The predicted molar refractivity (Wildman–Crippen MR) is 48.6 cm³/mol. The Hall–Kier alpha value is -0.570. The molecule has 0 aromatic rings. The minimum Gasteiger partial charge on any atom is -0.341 e. The molecule has 1 heterocycles. The Kier molecular flexibility index (Phi) is 3.09. The molecule has 1 fully saturated rings. The van der Waals surface area contributed by atoms with Crippen LogP contribution in [-0.2, 0) is 4.79 Å². The molecule has 1 aliphatic rings. The van der Waals surface area contributed by atoms with Gasteiger partial charge in [0.2, 0.25) is 5.91 Å². The summed E-state index contributed by atoms with van der Waals surface area (Å²) in [5.41, 5.74) is 5.51. The van der Waals surface area contributed by atoms with Gasteiger partial charge in [-0.1, -0.05) is 6.92 Å². The van der Waals surface area contributed by atoms with Gasteiger partial charge in [0.1, 0.15) is 0 Å². The highest BCUT2D eigenvalue weighted by Crippen LogP contribution is 2.16. The number of amides is 1. The molecular weight excluding hydrogens is 152 g/mol. The normalized spacial score (nSPS) is 22.4. The van der Waals surface area contributed by atoms with Crippen molar-refractivity contribution in [1.82, 2.24) is 4.90 Å². The fourth-order valence-electron chi connectivity index (χ4n) is 1.52. The molecule has 70 valence electrons. The van der Waals surface area contributed by atoms with E-state index in [0.717, 1.165) is 31.8 Å². The van der Waals surface area contributed by atoms with E-state index in [1.807, 2.05) is 4.90 Å². The molecule has 0 unspecified atom stereocenters. The van der Waals surface area contributed by atoms with E-state index in [1.165, 1.54) is 0 Å². The average molecular weight is 170 g/mol. The summed E-state index contributed by atoms with van der Waals surface area (Å²) in [4.78, 5) is 13.3. The molecule has 1 amide bonds. The molecule has 1 saturated heterocycles. The van der Waals surface area contributed by atoms with Gasteiger partial charge in [0.15, 0.2) is 0 Å². The lowest BCUT2D eigenvalue weighted by atomic mass is 9.99. The molecule has 1 atom stereocenters. The van der Waals surface area contributed by atoms with Gasteiger partial charge >= 0.3 is 0 Å². The lowest BCUT2D eigenvalue weighted by Crippen LogP contribution is -2.45. The Morgan fingerprint density at radius 2 is 2.00 bits per heavy atom. The Morgan fingerprint density at radius 3 is 2.42 bits per heavy atom. The van der Waals surface area contributed by atoms with Crippen LogP contribution in [0.1, 0.15) is 26.7 Å². The molecule has 3 heteroatoms. The number of carbonyl (C=O) groups is 1.